The van der Waals surface area contributed by atoms with Crippen molar-refractivity contribution < 1.29 is 4.52 Å². The number of rotatable bonds is 3. The molecule has 2 heterocycles. The molecule has 0 atom stereocenters. The highest BCUT2D eigenvalue weighted by Gasteiger charge is 2.07. The summed E-state index contributed by atoms with van der Waals surface area (Å²) in [7, 11) is 0. The molecule has 0 radical (unpaired) electrons. The summed E-state index contributed by atoms with van der Waals surface area (Å²) in [5.41, 5.74) is 6.07. The second kappa shape index (κ2) is 3.97. The van der Waals surface area contributed by atoms with Crippen LogP contribution in [0.25, 0.3) is 11.5 Å². The summed E-state index contributed by atoms with van der Waals surface area (Å²) in [4.78, 5) is 8.26. The molecule has 0 aliphatic carbocycles. The van der Waals surface area contributed by atoms with E-state index in [1.807, 2.05) is 18.2 Å². The molecule has 2 aromatic heterocycles. The van der Waals surface area contributed by atoms with Gasteiger partial charge in [0.15, 0.2) is 0 Å². The van der Waals surface area contributed by atoms with Crippen LogP contribution < -0.4 is 5.73 Å². The Morgan fingerprint density at radius 2 is 2.29 bits per heavy atom. The molecule has 0 aromatic carbocycles. The predicted molar refractivity (Wildman–Crippen MR) is 50.3 cm³/mol. The first-order valence-corrected chi connectivity index (χ1v) is 4.34. The quantitative estimate of drug-likeness (QED) is 0.768. The van der Waals surface area contributed by atoms with Crippen LogP contribution in [0, 0.1) is 0 Å². The number of pyridine rings is 1. The number of hydrogen-bond acceptors (Lipinski definition) is 5. The van der Waals surface area contributed by atoms with Gasteiger partial charge in [0.25, 0.3) is 0 Å². The molecule has 14 heavy (non-hydrogen) atoms. The first-order chi connectivity index (χ1) is 6.90. The molecule has 2 N–H and O–H groups in total. The molecule has 0 fully saturated rings. The molecule has 0 bridgehead atoms. The Kier molecular flexibility index (Phi) is 2.51. The van der Waals surface area contributed by atoms with Crippen LogP contribution >= 0.6 is 0 Å². The fourth-order valence-electron chi connectivity index (χ4n) is 1.08. The Hall–Kier alpha value is -1.75. The van der Waals surface area contributed by atoms with E-state index in [2.05, 4.69) is 15.1 Å². The van der Waals surface area contributed by atoms with Crippen molar-refractivity contribution in [3.8, 4) is 11.5 Å². The minimum atomic E-state index is 0.504. The van der Waals surface area contributed by atoms with E-state index in [9.17, 15) is 0 Å². The van der Waals surface area contributed by atoms with Crippen molar-refractivity contribution in [2.24, 2.45) is 5.73 Å². The van der Waals surface area contributed by atoms with E-state index in [4.69, 9.17) is 10.3 Å². The average molecular weight is 190 g/mol. The molecule has 2 aromatic rings. The van der Waals surface area contributed by atoms with Crippen molar-refractivity contribution in [2.75, 3.05) is 6.54 Å². The molecule has 0 aliphatic rings. The fraction of sp³-hybridized carbons (Fsp3) is 0.222. The normalized spacial score (nSPS) is 10.4. The maximum absolute atomic E-state index is 5.37. The highest BCUT2D eigenvalue weighted by Crippen LogP contribution is 2.11. The van der Waals surface area contributed by atoms with Gasteiger partial charge in [-0.3, -0.25) is 4.98 Å². The van der Waals surface area contributed by atoms with Crippen LogP contribution in [0.15, 0.2) is 28.9 Å². The first-order valence-electron chi connectivity index (χ1n) is 4.34. The maximum atomic E-state index is 5.37. The van der Waals surface area contributed by atoms with Crippen LogP contribution in [0.3, 0.4) is 0 Å². The molecule has 0 amide bonds. The zero-order chi connectivity index (χ0) is 9.80. The van der Waals surface area contributed by atoms with Crippen LogP contribution in [0.1, 0.15) is 5.89 Å². The molecular weight excluding hydrogens is 180 g/mol. The van der Waals surface area contributed by atoms with Gasteiger partial charge in [-0.1, -0.05) is 11.2 Å². The monoisotopic (exact) mass is 190 g/mol. The molecular formula is C9H10N4O. The van der Waals surface area contributed by atoms with Crippen LogP contribution in [-0.4, -0.2) is 21.7 Å². The molecule has 2 rings (SSSR count). The fourth-order valence-corrected chi connectivity index (χ4v) is 1.08. The van der Waals surface area contributed by atoms with Gasteiger partial charge in [0.05, 0.1) is 0 Å². The third kappa shape index (κ3) is 1.77. The summed E-state index contributed by atoms with van der Waals surface area (Å²) >= 11 is 0. The molecule has 0 saturated heterocycles. The SMILES string of the molecule is NCCc1nc(-c2ccccn2)no1. The lowest BCUT2D eigenvalue weighted by Gasteiger charge is -1.89. The van der Waals surface area contributed by atoms with E-state index in [-0.39, 0.29) is 0 Å². The van der Waals surface area contributed by atoms with Crippen molar-refractivity contribution in [2.45, 2.75) is 6.42 Å². The van der Waals surface area contributed by atoms with Gasteiger partial charge in [-0.2, -0.15) is 4.98 Å². The topological polar surface area (TPSA) is 77.8 Å². The molecule has 0 aliphatic heterocycles. The number of hydrogen-bond donors (Lipinski definition) is 1. The maximum Gasteiger partial charge on any atom is 0.228 e. The van der Waals surface area contributed by atoms with E-state index in [1.165, 1.54) is 0 Å². The van der Waals surface area contributed by atoms with E-state index < -0.39 is 0 Å². The molecule has 0 spiro atoms. The molecule has 5 nitrogen and oxygen atoms in total. The van der Waals surface area contributed by atoms with Crippen molar-refractivity contribution in [3.05, 3.63) is 30.3 Å². The van der Waals surface area contributed by atoms with Crippen LogP contribution in [0.5, 0.6) is 0 Å². The summed E-state index contributed by atoms with van der Waals surface area (Å²) in [5, 5.41) is 3.80. The van der Waals surface area contributed by atoms with Gasteiger partial charge in [-0.25, -0.2) is 0 Å². The first kappa shape index (κ1) is 8.83. The Labute approximate surface area is 81.0 Å². The Morgan fingerprint density at radius 1 is 1.36 bits per heavy atom. The molecule has 0 saturated carbocycles. The summed E-state index contributed by atoms with van der Waals surface area (Å²) in [6.45, 7) is 0.504. The molecule has 72 valence electrons. The highest BCUT2D eigenvalue weighted by molar-refractivity contribution is 5.46. The third-order valence-corrected chi connectivity index (χ3v) is 1.72. The number of nitrogens with zero attached hydrogens (tertiary/aromatic N) is 3. The van der Waals surface area contributed by atoms with Gasteiger partial charge in [0.1, 0.15) is 5.69 Å². The average Bonchev–Trinajstić information content (AvgIpc) is 2.68. The van der Waals surface area contributed by atoms with Gasteiger partial charge in [0, 0.05) is 19.2 Å². The van der Waals surface area contributed by atoms with Gasteiger partial charge < -0.3 is 10.3 Å². The van der Waals surface area contributed by atoms with Crippen molar-refractivity contribution in [3.63, 3.8) is 0 Å². The van der Waals surface area contributed by atoms with E-state index in [0.29, 0.717) is 30.4 Å². The smallest absolute Gasteiger partial charge is 0.228 e. The van der Waals surface area contributed by atoms with Crippen LogP contribution in [0.2, 0.25) is 0 Å². The predicted octanol–water partition coefficient (Wildman–Crippen LogP) is 0.633. The zero-order valence-corrected chi connectivity index (χ0v) is 7.55. The van der Waals surface area contributed by atoms with E-state index >= 15 is 0 Å². The zero-order valence-electron chi connectivity index (χ0n) is 7.55. The van der Waals surface area contributed by atoms with Gasteiger partial charge in [0.2, 0.25) is 11.7 Å². The summed E-state index contributed by atoms with van der Waals surface area (Å²) in [6.07, 6.45) is 2.29. The van der Waals surface area contributed by atoms with Gasteiger partial charge in [-0.05, 0) is 12.1 Å². The Bertz CT molecular complexity index is 398. The standard InChI is InChI=1S/C9H10N4O/c10-5-4-8-12-9(13-14-8)7-3-1-2-6-11-7/h1-3,6H,4-5,10H2. The summed E-state index contributed by atoms with van der Waals surface area (Å²) in [5.74, 6) is 1.06. The Balaban J connectivity index is 2.25. The van der Waals surface area contributed by atoms with E-state index in [0.717, 1.165) is 0 Å². The van der Waals surface area contributed by atoms with Crippen LogP contribution in [-0.2, 0) is 6.42 Å². The molecule has 0 unspecified atom stereocenters. The van der Waals surface area contributed by atoms with Gasteiger partial charge >= 0.3 is 0 Å². The lowest BCUT2D eigenvalue weighted by Crippen LogP contribution is -2.02. The lowest BCUT2D eigenvalue weighted by atomic mass is 10.3. The molecule has 5 heteroatoms. The largest absolute Gasteiger partial charge is 0.339 e. The third-order valence-electron chi connectivity index (χ3n) is 1.72. The summed E-state index contributed by atoms with van der Waals surface area (Å²) < 4.78 is 4.98. The van der Waals surface area contributed by atoms with Crippen molar-refractivity contribution >= 4 is 0 Å². The Morgan fingerprint density at radius 3 is 3.00 bits per heavy atom. The second-order valence-electron chi connectivity index (χ2n) is 2.77. The van der Waals surface area contributed by atoms with Crippen molar-refractivity contribution in [1.29, 1.82) is 0 Å². The minimum Gasteiger partial charge on any atom is -0.339 e. The lowest BCUT2D eigenvalue weighted by molar-refractivity contribution is 0.380. The van der Waals surface area contributed by atoms with Crippen LogP contribution in [0.4, 0.5) is 0 Å². The number of nitrogens with two attached hydrogens (primary N) is 1. The highest BCUT2D eigenvalue weighted by atomic mass is 16.5. The van der Waals surface area contributed by atoms with Gasteiger partial charge in [-0.15, -0.1) is 0 Å². The number of aromatic nitrogens is 3. The second-order valence-corrected chi connectivity index (χ2v) is 2.77. The van der Waals surface area contributed by atoms with E-state index in [1.54, 1.807) is 6.20 Å². The summed E-state index contributed by atoms with van der Waals surface area (Å²) in [6, 6.07) is 5.54. The minimum absolute atomic E-state index is 0.504. The van der Waals surface area contributed by atoms with Crippen molar-refractivity contribution in [1.82, 2.24) is 15.1 Å².